The van der Waals surface area contributed by atoms with Crippen molar-refractivity contribution in [3.8, 4) is 0 Å². The maximum atomic E-state index is 12.7. The van der Waals surface area contributed by atoms with Gasteiger partial charge >= 0.3 is 6.03 Å². The van der Waals surface area contributed by atoms with Gasteiger partial charge in [0.2, 0.25) is 5.91 Å². The molecule has 1 saturated heterocycles. The molecule has 8 heteroatoms. The smallest absolute Gasteiger partial charge is 0.329 e. The minimum Gasteiger partial charge on any atom is -0.377 e. The standard InChI is InChI=1S/C22H23BrN4O3/c1-4-15-7-5-6-8-17(15)24-20(28)13-27-21(29)18(25-22(27)30)12-14-9-10-19(26(2)3)16(23)11-14/h5-12H,4,13H2,1-3H3,(H,24,28)(H,25,30)/b18-12+. The fraction of sp³-hybridized carbons (Fsp3) is 0.227. The Kier molecular flexibility index (Phi) is 6.56. The normalized spacial score (nSPS) is 14.8. The van der Waals surface area contributed by atoms with Crippen molar-refractivity contribution in [3.63, 3.8) is 0 Å². The highest BCUT2D eigenvalue weighted by Crippen LogP contribution is 2.27. The molecular formula is C22H23BrN4O3. The van der Waals surface area contributed by atoms with E-state index in [0.717, 1.165) is 32.6 Å². The van der Waals surface area contributed by atoms with E-state index in [-0.39, 0.29) is 12.2 Å². The number of carbonyl (C=O) groups excluding carboxylic acids is 3. The van der Waals surface area contributed by atoms with E-state index in [4.69, 9.17) is 0 Å². The van der Waals surface area contributed by atoms with E-state index in [1.54, 1.807) is 12.1 Å². The number of halogens is 1. The molecule has 0 radical (unpaired) electrons. The molecule has 0 bridgehead atoms. The first-order valence-electron chi connectivity index (χ1n) is 9.49. The van der Waals surface area contributed by atoms with Gasteiger partial charge in [0.1, 0.15) is 12.2 Å². The average molecular weight is 471 g/mol. The summed E-state index contributed by atoms with van der Waals surface area (Å²) < 4.78 is 0.865. The van der Waals surface area contributed by atoms with Crippen molar-refractivity contribution in [2.45, 2.75) is 13.3 Å². The lowest BCUT2D eigenvalue weighted by molar-refractivity contribution is -0.127. The summed E-state index contributed by atoms with van der Waals surface area (Å²) in [6.45, 7) is 1.63. The maximum Gasteiger partial charge on any atom is 0.329 e. The first-order chi connectivity index (χ1) is 14.3. The molecule has 0 unspecified atom stereocenters. The highest BCUT2D eigenvalue weighted by atomic mass is 79.9. The number of hydrogen-bond donors (Lipinski definition) is 2. The maximum absolute atomic E-state index is 12.7. The van der Waals surface area contributed by atoms with Gasteiger partial charge in [0, 0.05) is 24.3 Å². The van der Waals surface area contributed by atoms with E-state index >= 15 is 0 Å². The minimum atomic E-state index is -0.617. The molecule has 0 atom stereocenters. The Morgan fingerprint density at radius 3 is 2.60 bits per heavy atom. The number of para-hydroxylation sites is 1. The number of imide groups is 1. The molecule has 1 fully saturated rings. The van der Waals surface area contributed by atoms with Crippen LogP contribution in [0.15, 0.2) is 52.6 Å². The van der Waals surface area contributed by atoms with Gasteiger partial charge in [-0.15, -0.1) is 0 Å². The minimum absolute atomic E-state index is 0.131. The van der Waals surface area contributed by atoms with Crippen LogP contribution in [0.5, 0.6) is 0 Å². The topological polar surface area (TPSA) is 81.8 Å². The quantitative estimate of drug-likeness (QED) is 0.498. The lowest BCUT2D eigenvalue weighted by Gasteiger charge is -2.14. The number of nitrogens with zero attached hydrogens (tertiary/aromatic N) is 2. The molecule has 0 aliphatic carbocycles. The van der Waals surface area contributed by atoms with E-state index < -0.39 is 17.8 Å². The zero-order valence-electron chi connectivity index (χ0n) is 17.0. The van der Waals surface area contributed by atoms with E-state index in [0.29, 0.717) is 5.69 Å². The lowest BCUT2D eigenvalue weighted by atomic mass is 10.1. The van der Waals surface area contributed by atoms with Crippen LogP contribution in [0.2, 0.25) is 0 Å². The fourth-order valence-corrected chi connectivity index (χ4v) is 3.89. The van der Waals surface area contributed by atoms with Crippen LogP contribution in [0.25, 0.3) is 6.08 Å². The number of urea groups is 1. The van der Waals surface area contributed by atoms with Crippen LogP contribution >= 0.6 is 15.9 Å². The molecule has 30 heavy (non-hydrogen) atoms. The number of rotatable bonds is 6. The van der Waals surface area contributed by atoms with E-state index in [2.05, 4.69) is 26.6 Å². The number of nitrogens with one attached hydrogen (secondary N) is 2. The Hall–Kier alpha value is -3.13. The summed E-state index contributed by atoms with van der Waals surface area (Å²) in [5, 5.41) is 5.32. The van der Waals surface area contributed by atoms with Crippen molar-refractivity contribution in [2.24, 2.45) is 0 Å². The van der Waals surface area contributed by atoms with Gasteiger partial charge in [-0.1, -0.05) is 31.2 Å². The summed E-state index contributed by atoms with van der Waals surface area (Å²) in [7, 11) is 3.86. The van der Waals surface area contributed by atoms with Crippen LogP contribution in [-0.4, -0.2) is 43.4 Å². The molecule has 7 nitrogen and oxygen atoms in total. The number of aryl methyl sites for hydroxylation is 1. The Bertz CT molecular complexity index is 1030. The van der Waals surface area contributed by atoms with Gasteiger partial charge in [0.25, 0.3) is 5.91 Å². The third-order valence-electron chi connectivity index (χ3n) is 4.70. The van der Waals surface area contributed by atoms with Crippen LogP contribution < -0.4 is 15.5 Å². The number of hydrogen-bond acceptors (Lipinski definition) is 4. The zero-order valence-corrected chi connectivity index (χ0v) is 18.6. The fourth-order valence-electron chi connectivity index (χ4n) is 3.14. The Balaban J connectivity index is 1.72. The van der Waals surface area contributed by atoms with Crippen molar-refractivity contribution >= 4 is 51.2 Å². The predicted molar refractivity (Wildman–Crippen MR) is 121 cm³/mol. The number of amides is 4. The number of benzene rings is 2. The lowest BCUT2D eigenvalue weighted by Crippen LogP contribution is -2.38. The second-order valence-electron chi connectivity index (χ2n) is 7.04. The van der Waals surface area contributed by atoms with Crippen molar-refractivity contribution in [2.75, 3.05) is 30.9 Å². The summed E-state index contributed by atoms with van der Waals surface area (Å²) >= 11 is 3.51. The van der Waals surface area contributed by atoms with Gasteiger partial charge in [-0.2, -0.15) is 0 Å². The van der Waals surface area contributed by atoms with E-state index in [1.807, 2.05) is 62.3 Å². The van der Waals surface area contributed by atoms with E-state index in [1.165, 1.54) is 0 Å². The molecule has 1 heterocycles. The Morgan fingerprint density at radius 2 is 1.93 bits per heavy atom. The summed E-state index contributed by atoms with van der Waals surface area (Å²) in [6.07, 6.45) is 2.35. The third kappa shape index (κ3) is 4.71. The highest BCUT2D eigenvalue weighted by molar-refractivity contribution is 9.10. The second-order valence-corrected chi connectivity index (χ2v) is 7.90. The molecular weight excluding hydrogens is 448 g/mol. The third-order valence-corrected chi connectivity index (χ3v) is 5.34. The van der Waals surface area contributed by atoms with Gasteiger partial charge in [-0.25, -0.2) is 9.69 Å². The molecule has 0 saturated carbocycles. The van der Waals surface area contributed by atoms with Crippen molar-refractivity contribution < 1.29 is 14.4 Å². The molecule has 4 amide bonds. The predicted octanol–water partition coefficient (Wildman–Crippen LogP) is 3.61. The van der Waals surface area contributed by atoms with Crippen molar-refractivity contribution in [3.05, 3.63) is 63.8 Å². The summed E-state index contributed by atoms with van der Waals surface area (Å²) in [5.74, 6) is -0.967. The van der Waals surface area contributed by atoms with Crippen LogP contribution in [0, 0.1) is 0 Å². The van der Waals surface area contributed by atoms with Gasteiger partial charge in [0.15, 0.2) is 0 Å². The molecule has 2 aromatic carbocycles. The Labute approximate surface area is 183 Å². The van der Waals surface area contributed by atoms with Crippen molar-refractivity contribution in [1.82, 2.24) is 10.2 Å². The molecule has 2 N–H and O–H groups in total. The number of carbonyl (C=O) groups is 3. The van der Waals surface area contributed by atoms with Crippen LogP contribution in [0.1, 0.15) is 18.1 Å². The van der Waals surface area contributed by atoms with Gasteiger partial charge < -0.3 is 15.5 Å². The Morgan fingerprint density at radius 1 is 1.20 bits per heavy atom. The molecule has 3 rings (SSSR count). The van der Waals surface area contributed by atoms with Gasteiger partial charge in [-0.05, 0) is 57.8 Å². The van der Waals surface area contributed by atoms with Gasteiger partial charge in [-0.3, -0.25) is 9.59 Å². The monoisotopic (exact) mass is 470 g/mol. The molecule has 0 aromatic heterocycles. The zero-order chi connectivity index (χ0) is 21.8. The summed E-state index contributed by atoms with van der Waals surface area (Å²) in [5.41, 5.74) is 3.53. The average Bonchev–Trinajstić information content (AvgIpc) is 2.95. The summed E-state index contributed by atoms with van der Waals surface area (Å²) in [4.78, 5) is 40.2. The second kappa shape index (κ2) is 9.13. The van der Waals surface area contributed by atoms with Crippen LogP contribution in [-0.2, 0) is 16.0 Å². The molecule has 1 aliphatic rings. The number of anilines is 2. The largest absolute Gasteiger partial charge is 0.377 e. The SMILES string of the molecule is CCc1ccccc1NC(=O)CN1C(=O)N/C(=C/c2ccc(N(C)C)c(Br)c2)C1=O. The van der Waals surface area contributed by atoms with Crippen LogP contribution in [0.4, 0.5) is 16.2 Å². The molecule has 1 aliphatic heterocycles. The molecule has 2 aromatic rings. The van der Waals surface area contributed by atoms with E-state index in [9.17, 15) is 14.4 Å². The van der Waals surface area contributed by atoms with Crippen LogP contribution in [0.3, 0.4) is 0 Å². The highest BCUT2D eigenvalue weighted by Gasteiger charge is 2.35. The first kappa shape index (κ1) is 21.6. The summed E-state index contributed by atoms with van der Waals surface area (Å²) in [6, 6.07) is 12.4. The first-order valence-corrected chi connectivity index (χ1v) is 10.3. The molecule has 0 spiro atoms. The van der Waals surface area contributed by atoms with Crippen molar-refractivity contribution in [1.29, 1.82) is 0 Å². The molecule has 156 valence electrons. The van der Waals surface area contributed by atoms with Gasteiger partial charge in [0.05, 0.1) is 5.69 Å².